The summed E-state index contributed by atoms with van der Waals surface area (Å²) < 4.78 is 0. The molecule has 2 heterocycles. The van der Waals surface area contributed by atoms with E-state index in [1.54, 1.807) is 0 Å². The fourth-order valence-corrected chi connectivity index (χ4v) is 3.13. The third-order valence-corrected chi connectivity index (χ3v) is 4.28. The average molecular weight is 302 g/mol. The number of hydrogen-bond donors (Lipinski definition) is 1. The van der Waals surface area contributed by atoms with Crippen LogP contribution in [0, 0.1) is 0 Å². The molecule has 0 saturated carbocycles. The normalized spacial score (nSPS) is 16.0. The van der Waals surface area contributed by atoms with Gasteiger partial charge in [0.05, 0.1) is 11.7 Å². The van der Waals surface area contributed by atoms with Crippen molar-refractivity contribution >= 4 is 23.1 Å². The Balaban J connectivity index is 1.83. The van der Waals surface area contributed by atoms with Gasteiger partial charge in [-0.25, -0.2) is 4.98 Å². The predicted molar refractivity (Wildman–Crippen MR) is 89.2 cm³/mol. The van der Waals surface area contributed by atoms with Crippen LogP contribution < -0.4 is 10.2 Å². The highest BCUT2D eigenvalue weighted by molar-refractivity contribution is 6.31. The minimum atomic E-state index is 0.143. The zero-order chi connectivity index (χ0) is 14.7. The molecule has 1 aliphatic rings. The lowest BCUT2D eigenvalue weighted by molar-refractivity contribution is 0.871. The summed E-state index contributed by atoms with van der Waals surface area (Å²) in [6, 6.07) is 12.2. The zero-order valence-corrected chi connectivity index (χ0v) is 13.0. The SMILES string of the molecule is CC(Nc1cccnc1N1CCCC1)c1ccccc1Cl. The summed E-state index contributed by atoms with van der Waals surface area (Å²) >= 11 is 6.29. The van der Waals surface area contributed by atoms with E-state index in [0.717, 1.165) is 35.2 Å². The van der Waals surface area contributed by atoms with Crippen LogP contribution in [0.2, 0.25) is 5.02 Å². The fourth-order valence-electron chi connectivity index (χ4n) is 2.83. The van der Waals surface area contributed by atoms with E-state index in [2.05, 4.69) is 34.3 Å². The number of hydrogen-bond acceptors (Lipinski definition) is 3. The second-order valence-corrected chi connectivity index (χ2v) is 5.86. The number of pyridine rings is 1. The predicted octanol–water partition coefficient (Wildman–Crippen LogP) is 4.51. The minimum absolute atomic E-state index is 0.143. The maximum absolute atomic E-state index is 6.29. The van der Waals surface area contributed by atoms with Crippen LogP contribution in [0.4, 0.5) is 11.5 Å². The van der Waals surface area contributed by atoms with E-state index in [4.69, 9.17) is 11.6 Å². The molecule has 1 saturated heterocycles. The molecule has 0 bridgehead atoms. The van der Waals surface area contributed by atoms with Gasteiger partial charge in [0.15, 0.2) is 5.82 Å². The second kappa shape index (κ2) is 6.35. The van der Waals surface area contributed by atoms with E-state index in [9.17, 15) is 0 Å². The Morgan fingerprint density at radius 1 is 1.14 bits per heavy atom. The molecule has 1 fully saturated rings. The van der Waals surface area contributed by atoms with Crippen LogP contribution in [-0.4, -0.2) is 18.1 Å². The van der Waals surface area contributed by atoms with Gasteiger partial charge in [-0.15, -0.1) is 0 Å². The topological polar surface area (TPSA) is 28.2 Å². The number of nitrogens with one attached hydrogen (secondary N) is 1. The standard InChI is InChI=1S/C17H20ClN3/c1-13(14-7-2-3-8-15(14)18)20-16-9-6-10-19-17(16)21-11-4-5-12-21/h2-3,6-10,13,20H,4-5,11-12H2,1H3. The molecule has 0 spiro atoms. The summed E-state index contributed by atoms with van der Waals surface area (Å²) in [5, 5.41) is 4.35. The molecule has 1 aromatic heterocycles. The number of benzene rings is 1. The quantitative estimate of drug-likeness (QED) is 0.900. The molecular formula is C17H20ClN3. The fraction of sp³-hybridized carbons (Fsp3) is 0.353. The molecule has 3 nitrogen and oxygen atoms in total. The molecule has 3 rings (SSSR count). The van der Waals surface area contributed by atoms with Crippen molar-refractivity contribution in [1.29, 1.82) is 0 Å². The third-order valence-electron chi connectivity index (χ3n) is 3.94. The molecule has 1 aromatic carbocycles. The Hall–Kier alpha value is -1.74. The van der Waals surface area contributed by atoms with Gasteiger partial charge in [-0.3, -0.25) is 0 Å². The second-order valence-electron chi connectivity index (χ2n) is 5.46. The number of nitrogens with zero attached hydrogens (tertiary/aromatic N) is 2. The van der Waals surface area contributed by atoms with E-state index in [0.29, 0.717) is 0 Å². The Kier molecular flexibility index (Phi) is 4.30. The molecule has 0 amide bonds. The van der Waals surface area contributed by atoms with E-state index in [1.807, 2.05) is 30.5 Å². The molecule has 21 heavy (non-hydrogen) atoms. The van der Waals surface area contributed by atoms with Crippen molar-refractivity contribution < 1.29 is 0 Å². The monoisotopic (exact) mass is 301 g/mol. The van der Waals surface area contributed by atoms with Gasteiger partial charge in [0.1, 0.15) is 0 Å². The van der Waals surface area contributed by atoms with E-state index in [1.165, 1.54) is 12.8 Å². The maximum Gasteiger partial charge on any atom is 0.151 e. The molecule has 0 aliphatic carbocycles. The van der Waals surface area contributed by atoms with Crippen molar-refractivity contribution in [3.8, 4) is 0 Å². The van der Waals surface area contributed by atoms with Crippen LogP contribution in [0.15, 0.2) is 42.6 Å². The molecule has 1 unspecified atom stereocenters. The van der Waals surface area contributed by atoms with Crippen molar-refractivity contribution in [3.05, 3.63) is 53.2 Å². The van der Waals surface area contributed by atoms with Crippen LogP contribution in [0.5, 0.6) is 0 Å². The van der Waals surface area contributed by atoms with Crippen molar-refractivity contribution in [2.24, 2.45) is 0 Å². The van der Waals surface area contributed by atoms with Crippen molar-refractivity contribution in [1.82, 2.24) is 4.98 Å². The highest BCUT2D eigenvalue weighted by Crippen LogP contribution is 2.31. The number of aromatic nitrogens is 1. The molecule has 2 aromatic rings. The van der Waals surface area contributed by atoms with Gasteiger partial charge in [0, 0.05) is 24.3 Å². The van der Waals surface area contributed by atoms with Gasteiger partial charge >= 0.3 is 0 Å². The van der Waals surface area contributed by atoms with E-state index < -0.39 is 0 Å². The molecular weight excluding hydrogens is 282 g/mol. The summed E-state index contributed by atoms with van der Waals surface area (Å²) in [5.41, 5.74) is 2.18. The summed E-state index contributed by atoms with van der Waals surface area (Å²) in [6.45, 7) is 4.31. The summed E-state index contributed by atoms with van der Waals surface area (Å²) in [5.74, 6) is 1.05. The zero-order valence-electron chi connectivity index (χ0n) is 12.2. The highest BCUT2D eigenvalue weighted by Gasteiger charge is 2.18. The first kappa shape index (κ1) is 14.2. The van der Waals surface area contributed by atoms with E-state index in [-0.39, 0.29) is 6.04 Å². The van der Waals surface area contributed by atoms with Crippen molar-refractivity contribution in [2.45, 2.75) is 25.8 Å². The number of halogens is 1. The summed E-state index contributed by atoms with van der Waals surface area (Å²) in [6.07, 6.45) is 4.35. The van der Waals surface area contributed by atoms with Crippen LogP contribution >= 0.6 is 11.6 Å². The van der Waals surface area contributed by atoms with Gasteiger partial charge < -0.3 is 10.2 Å². The van der Waals surface area contributed by atoms with Crippen molar-refractivity contribution in [2.75, 3.05) is 23.3 Å². The van der Waals surface area contributed by atoms with Crippen LogP contribution in [0.3, 0.4) is 0 Å². The smallest absolute Gasteiger partial charge is 0.151 e. The van der Waals surface area contributed by atoms with Gasteiger partial charge in [-0.05, 0) is 43.5 Å². The molecule has 0 radical (unpaired) electrons. The lowest BCUT2D eigenvalue weighted by Crippen LogP contribution is -2.21. The molecule has 110 valence electrons. The minimum Gasteiger partial charge on any atom is -0.375 e. The number of rotatable bonds is 4. The third kappa shape index (κ3) is 3.13. The average Bonchev–Trinajstić information content (AvgIpc) is 3.02. The Bertz CT molecular complexity index is 608. The molecule has 4 heteroatoms. The first-order chi connectivity index (χ1) is 10.3. The van der Waals surface area contributed by atoms with Gasteiger partial charge in [0.2, 0.25) is 0 Å². The van der Waals surface area contributed by atoms with E-state index >= 15 is 0 Å². The first-order valence-corrected chi connectivity index (χ1v) is 7.84. The van der Waals surface area contributed by atoms with Gasteiger partial charge in [0.25, 0.3) is 0 Å². The molecule has 1 N–H and O–H groups in total. The van der Waals surface area contributed by atoms with Crippen LogP contribution in [0.25, 0.3) is 0 Å². The molecule has 1 aliphatic heterocycles. The Labute approximate surface area is 131 Å². The lowest BCUT2D eigenvalue weighted by Gasteiger charge is -2.23. The van der Waals surface area contributed by atoms with Crippen molar-refractivity contribution in [3.63, 3.8) is 0 Å². The largest absolute Gasteiger partial charge is 0.375 e. The molecule has 1 atom stereocenters. The number of anilines is 2. The Morgan fingerprint density at radius 3 is 2.67 bits per heavy atom. The highest BCUT2D eigenvalue weighted by atomic mass is 35.5. The first-order valence-electron chi connectivity index (χ1n) is 7.46. The maximum atomic E-state index is 6.29. The lowest BCUT2D eigenvalue weighted by atomic mass is 10.1. The van der Waals surface area contributed by atoms with Gasteiger partial charge in [-0.1, -0.05) is 29.8 Å². The summed E-state index contributed by atoms with van der Waals surface area (Å²) in [4.78, 5) is 6.91. The summed E-state index contributed by atoms with van der Waals surface area (Å²) in [7, 11) is 0. The van der Waals surface area contributed by atoms with Crippen LogP contribution in [-0.2, 0) is 0 Å². The Morgan fingerprint density at radius 2 is 1.90 bits per heavy atom. The van der Waals surface area contributed by atoms with Gasteiger partial charge in [-0.2, -0.15) is 0 Å². The van der Waals surface area contributed by atoms with Crippen LogP contribution in [0.1, 0.15) is 31.4 Å².